The van der Waals surface area contributed by atoms with Gasteiger partial charge in [-0.05, 0) is 40.2 Å². The Hall–Kier alpha value is -0.590. The topological polar surface area (TPSA) is 56.0 Å². The minimum Gasteiger partial charge on any atom is -0.396 e. The highest BCUT2D eigenvalue weighted by molar-refractivity contribution is 4.91. The third-order valence-electron chi connectivity index (χ3n) is 2.11. The number of hydrogen-bond donors (Lipinski definition) is 2. The van der Waals surface area contributed by atoms with Crippen molar-refractivity contribution in [3.63, 3.8) is 0 Å². The van der Waals surface area contributed by atoms with Gasteiger partial charge in [-0.1, -0.05) is 0 Å². The maximum absolute atomic E-state index is 8.74. The molecule has 0 rings (SSSR count). The molecule has 2 N–H and O–H groups in total. The highest BCUT2D eigenvalue weighted by atomic mass is 16.3. The maximum Gasteiger partial charge on any atom is 0.0684 e. The van der Waals surface area contributed by atoms with E-state index in [1.165, 1.54) is 0 Å². The van der Waals surface area contributed by atoms with Crippen LogP contribution in [0.2, 0.25) is 0 Å². The van der Waals surface area contributed by atoms with Gasteiger partial charge in [0.1, 0.15) is 0 Å². The van der Waals surface area contributed by atoms with Gasteiger partial charge in [0, 0.05) is 12.6 Å². The highest BCUT2D eigenvalue weighted by Crippen LogP contribution is 2.17. The molecule has 0 bridgehead atoms. The quantitative estimate of drug-likeness (QED) is 0.654. The lowest BCUT2D eigenvalue weighted by Crippen LogP contribution is -2.30. The first-order valence-electron chi connectivity index (χ1n) is 4.77. The summed E-state index contributed by atoms with van der Waals surface area (Å²) in [6, 6.07) is 2.59. The lowest BCUT2D eigenvalue weighted by atomic mass is 9.91. The molecule has 1 atom stereocenters. The zero-order valence-electron chi connectivity index (χ0n) is 8.80. The Labute approximate surface area is 80.8 Å². The molecule has 0 radical (unpaired) electrons. The summed E-state index contributed by atoms with van der Waals surface area (Å²) in [6.07, 6.45) is 1.62. The fourth-order valence-electron chi connectivity index (χ4n) is 0.983. The van der Waals surface area contributed by atoms with Gasteiger partial charge < -0.3 is 10.4 Å². The van der Waals surface area contributed by atoms with E-state index in [0.717, 1.165) is 19.4 Å². The van der Waals surface area contributed by atoms with Crippen molar-refractivity contribution in [2.75, 3.05) is 13.2 Å². The fraction of sp³-hybridized carbons (Fsp3) is 0.900. The molecule has 0 saturated carbocycles. The fourth-order valence-corrected chi connectivity index (χ4v) is 0.983. The Morgan fingerprint density at radius 3 is 2.62 bits per heavy atom. The van der Waals surface area contributed by atoms with Gasteiger partial charge in [-0.3, -0.25) is 0 Å². The van der Waals surface area contributed by atoms with Gasteiger partial charge in [-0.2, -0.15) is 5.26 Å². The summed E-state index contributed by atoms with van der Waals surface area (Å²) in [5.74, 6) is 0. The van der Waals surface area contributed by atoms with E-state index in [-0.39, 0.29) is 12.0 Å². The molecule has 0 aliphatic rings. The number of rotatable bonds is 6. The van der Waals surface area contributed by atoms with Crippen LogP contribution in [0.15, 0.2) is 0 Å². The molecular formula is C10H20N2O. The minimum absolute atomic E-state index is 0.218. The van der Waals surface area contributed by atoms with E-state index >= 15 is 0 Å². The SMILES string of the molecule is CC(CCO)NCCC(C)(C)C#N. The Bertz CT molecular complexity index is 172. The summed E-state index contributed by atoms with van der Waals surface area (Å²) in [5.41, 5.74) is -0.244. The third-order valence-corrected chi connectivity index (χ3v) is 2.11. The zero-order valence-corrected chi connectivity index (χ0v) is 8.80. The van der Waals surface area contributed by atoms with Gasteiger partial charge in [-0.25, -0.2) is 0 Å². The number of aliphatic hydroxyl groups is 1. The van der Waals surface area contributed by atoms with Crippen LogP contribution in [-0.2, 0) is 0 Å². The first-order valence-corrected chi connectivity index (χ1v) is 4.77. The summed E-state index contributed by atoms with van der Waals surface area (Å²) in [4.78, 5) is 0. The van der Waals surface area contributed by atoms with E-state index in [1.54, 1.807) is 0 Å². The summed E-state index contributed by atoms with van der Waals surface area (Å²) in [6.45, 7) is 6.96. The van der Waals surface area contributed by atoms with Crippen molar-refractivity contribution < 1.29 is 5.11 Å². The van der Waals surface area contributed by atoms with Crippen LogP contribution in [0.4, 0.5) is 0 Å². The molecule has 3 heteroatoms. The van der Waals surface area contributed by atoms with Crippen LogP contribution in [-0.4, -0.2) is 24.3 Å². The summed E-state index contributed by atoms with van der Waals surface area (Å²) in [5, 5.41) is 20.7. The highest BCUT2D eigenvalue weighted by Gasteiger charge is 2.15. The normalized spacial score (nSPS) is 13.8. The Morgan fingerprint density at radius 2 is 2.15 bits per heavy atom. The van der Waals surface area contributed by atoms with E-state index in [0.29, 0.717) is 6.04 Å². The number of nitriles is 1. The largest absolute Gasteiger partial charge is 0.396 e. The van der Waals surface area contributed by atoms with Crippen LogP contribution in [0.5, 0.6) is 0 Å². The number of hydrogen-bond acceptors (Lipinski definition) is 3. The molecule has 0 fully saturated rings. The van der Waals surface area contributed by atoms with Gasteiger partial charge in [-0.15, -0.1) is 0 Å². The Morgan fingerprint density at radius 1 is 1.54 bits per heavy atom. The minimum atomic E-state index is -0.244. The van der Waals surface area contributed by atoms with Crippen LogP contribution in [0.3, 0.4) is 0 Å². The van der Waals surface area contributed by atoms with Crippen molar-refractivity contribution >= 4 is 0 Å². The molecule has 13 heavy (non-hydrogen) atoms. The molecule has 0 aromatic rings. The average molecular weight is 184 g/mol. The van der Waals surface area contributed by atoms with Gasteiger partial charge in [0.05, 0.1) is 11.5 Å². The standard InChI is InChI=1S/C10H20N2O/c1-9(4-7-13)12-6-5-10(2,3)8-11/h9,12-13H,4-7H2,1-3H3. The first-order chi connectivity index (χ1) is 6.02. The zero-order chi connectivity index (χ0) is 10.3. The van der Waals surface area contributed by atoms with Crippen LogP contribution in [0.1, 0.15) is 33.6 Å². The lowest BCUT2D eigenvalue weighted by molar-refractivity contribution is 0.267. The number of aliphatic hydroxyl groups excluding tert-OH is 1. The average Bonchev–Trinajstić information content (AvgIpc) is 2.05. The molecule has 0 heterocycles. The van der Waals surface area contributed by atoms with E-state index < -0.39 is 0 Å². The molecule has 0 aliphatic carbocycles. The van der Waals surface area contributed by atoms with Crippen molar-refractivity contribution in [3.05, 3.63) is 0 Å². The maximum atomic E-state index is 8.74. The van der Waals surface area contributed by atoms with Gasteiger partial charge in [0.25, 0.3) is 0 Å². The van der Waals surface area contributed by atoms with Gasteiger partial charge >= 0.3 is 0 Å². The van der Waals surface area contributed by atoms with Crippen LogP contribution >= 0.6 is 0 Å². The molecule has 0 aliphatic heterocycles. The van der Waals surface area contributed by atoms with Crippen molar-refractivity contribution in [2.24, 2.45) is 5.41 Å². The second kappa shape index (κ2) is 5.95. The van der Waals surface area contributed by atoms with E-state index in [4.69, 9.17) is 10.4 Å². The Kier molecular flexibility index (Phi) is 5.68. The number of nitrogens with one attached hydrogen (secondary N) is 1. The van der Waals surface area contributed by atoms with Crippen LogP contribution in [0.25, 0.3) is 0 Å². The molecule has 1 unspecified atom stereocenters. The first kappa shape index (κ1) is 12.4. The van der Waals surface area contributed by atoms with E-state index in [9.17, 15) is 0 Å². The second-order valence-electron chi connectivity index (χ2n) is 4.11. The molecule has 0 amide bonds. The van der Waals surface area contributed by atoms with Gasteiger partial charge in [0.2, 0.25) is 0 Å². The number of nitrogens with zero attached hydrogens (tertiary/aromatic N) is 1. The molecule has 3 nitrogen and oxygen atoms in total. The smallest absolute Gasteiger partial charge is 0.0684 e. The van der Waals surface area contributed by atoms with Crippen molar-refractivity contribution in [1.29, 1.82) is 5.26 Å². The monoisotopic (exact) mass is 184 g/mol. The Balaban J connectivity index is 3.51. The molecular weight excluding hydrogens is 164 g/mol. The predicted octanol–water partition coefficient (Wildman–Crippen LogP) is 1.29. The third kappa shape index (κ3) is 6.56. The van der Waals surface area contributed by atoms with Crippen molar-refractivity contribution in [1.82, 2.24) is 5.32 Å². The molecule has 0 aromatic carbocycles. The lowest BCUT2D eigenvalue weighted by Gasteiger charge is -2.17. The summed E-state index contributed by atoms with van der Waals surface area (Å²) < 4.78 is 0. The molecule has 0 saturated heterocycles. The summed E-state index contributed by atoms with van der Waals surface area (Å²) >= 11 is 0. The molecule has 0 spiro atoms. The predicted molar refractivity (Wildman–Crippen MR) is 53.2 cm³/mol. The van der Waals surface area contributed by atoms with E-state index in [2.05, 4.69) is 11.4 Å². The second-order valence-corrected chi connectivity index (χ2v) is 4.11. The van der Waals surface area contributed by atoms with Crippen LogP contribution in [0, 0.1) is 16.7 Å². The van der Waals surface area contributed by atoms with Crippen molar-refractivity contribution in [3.8, 4) is 6.07 Å². The van der Waals surface area contributed by atoms with Crippen molar-refractivity contribution in [2.45, 2.75) is 39.7 Å². The van der Waals surface area contributed by atoms with E-state index in [1.807, 2.05) is 20.8 Å². The van der Waals surface area contributed by atoms with Crippen LogP contribution < -0.4 is 5.32 Å². The summed E-state index contributed by atoms with van der Waals surface area (Å²) in [7, 11) is 0. The van der Waals surface area contributed by atoms with Gasteiger partial charge in [0.15, 0.2) is 0 Å². The molecule has 0 aromatic heterocycles. The molecule has 76 valence electrons.